The summed E-state index contributed by atoms with van der Waals surface area (Å²) in [5, 5.41) is 9.92. The minimum absolute atomic E-state index is 0.0555. The van der Waals surface area contributed by atoms with Crippen LogP contribution in [0.25, 0.3) is 0 Å². The number of fused-ring (bicyclic) bond motifs is 1. The van der Waals surface area contributed by atoms with E-state index in [1.165, 1.54) is 11.1 Å². The number of hydrogen-bond acceptors (Lipinski definition) is 4. The molecular formula is C12H17BN2O2. The molecule has 0 saturated carbocycles. The summed E-state index contributed by atoms with van der Waals surface area (Å²) in [7, 11) is 0.343. The van der Waals surface area contributed by atoms with E-state index in [-0.39, 0.29) is 12.6 Å². The molecule has 0 bridgehead atoms. The van der Waals surface area contributed by atoms with Gasteiger partial charge in [0.1, 0.15) is 0 Å². The van der Waals surface area contributed by atoms with Crippen molar-refractivity contribution < 1.29 is 9.90 Å². The van der Waals surface area contributed by atoms with Crippen LogP contribution in [0.2, 0.25) is 0 Å². The molecule has 3 N–H and O–H groups in total. The molecule has 2 atom stereocenters. The molecule has 1 aromatic rings. The summed E-state index contributed by atoms with van der Waals surface area (Å²) in [4.78, 5) is 12.7. The molecule has 0 aliphatic carbocycles. The minimum Gasteiger partial charge on any atom is -0.390 e. The van der Waals surface area contributed by atoms with E-state index in [0.717, 1.165) is 12.6 Å². The summed E-state index contributed by atoms with van der Waals surface area (Å²) in [6.45, 7) is 0.929. The van der Waals surface area contributed by atoms with Crippen molar-refractivity contribution in [2.75, 3.05) is 6.54 Å². The Morgan fingerprint density at radius 3 is 2.88 bits per heavy atom. The van der Waals surface area contributed by atoms with Crippen molar-refractivity contribution in [3.63, 3.8) is 0 Å². The smallest absolute Gasteiger partial charge is 0.281 e. The van der Waals surface area contributed by atoms with Crippen LogP contribution in [0.1, 0.15) is 11.1 Å². The second-order valence-corrected chi connectivity index (χ2v) is 4.44. The number of aliphatic hydroxyl groups is 1. The lowest BCUT2D eigenvalue weighted by molar-refractivity contribution is 0.0878. The number of hydrogen-bond donors (Lipinski definition) is 2. The van der Waals surface area contributed by atoms with Gasteiger partial charge in [-0.3, -0.25) is 0 Å². The van der Waals surface area contributed by atoms with Gasteiger partial charge in [-0.05, 0) is 17.5 Å². The minimum atomic E-state index is -0.580. The fourth-order valence-electron chi connectivity index (χ4n) is 2.43. The van der Waals surface area contributed by atoms with Gasteiger partial charge in [0, 0.05) is 19.1 Å². The molecule has 1 heterocycles. The van der Waals surface area contributed by atoms with Crippen molar-refractivity contribution in [3.05, 3.63) is 35.4 Å². The molecule has 0 aromatic heterocycles. The van der Waals surface area contributed by atoms with E-state index in [1.807, 2.05) is 16.9 Å². The molecule has 0 saturated heterocycles. The van der Waals surface area contributed by atoms with E-state index >= 15 is 0 Å². The Kier molecular flexibility index (Phi) is 3.94. The summed E-state index contributed by atoms with van der Waals surface area (Å²) in [5.41, 5.74) is 7.99. The predicted octanol–water partition coefficient (Wildman–Crippen LogP) is -0.725. The Bertz CT molecular complexity index is 400. The Balaban J connectivity index is 2.24. The molecule has 1 aliphatic rings. The zero-order chi connectivity index (χ0) is 12.3. The van der Waals surface area contributed by atoms with Gasteiger partial charge in [0.25, 0.3) is 7.41 Å². The first-order chi connectivity index (χ1) is 8.26. The fourth-order valence-corrected chi connectivity index (χ4v) is 2.43. The summed E-state index contributed by atoms with van der Waals surface area (Å²) >= 11 is 0. The number of nitrogens with zero attached hydrogens (tertiary/aromatic N) is 1. The second-order valence-electron chi connectivity index (χ2n) is 4.44. The molecule has 1 aliphatic heterocycles. The molecule has 2 rings (SSSR count). The van der Waals surface area contributed by atoms with Crippen LogP contribution in [-0.2, 0) is 17.8 Å². The molecular weight excluding hydrogens is 215 g/mol. The third kappa shape index (κ3) is 2.57. The van der Waals surface area contributed by atoms with Gasteiger partial charge >= 0.3 is 0 Å². The van der Waals surface area contributed by atoms with Gasteiger partial charge in [-0.25, -0.2) is 0 Å². The van der Waals surface area contributed by atoms with Gasteiger partial charge in [-0.15, -0.1) is 0 Å². The standard InChI is InChI=1S/C12H17BN2O2/c14-6-12(17)11-5-9-3-1-2-4-10(9)7-15(11)13-8-16/h1-4,8,11-13,17H,5-7,14H2/t11-,12+/m1/s1. The zero-order valence-electron chi connectivity index (χ0n) is 9.75. The van der Waals surface area contributed by atoms with E-state index < -0.39 is 6.10 Å². The van der Waals surface area contributed by atoms with E-state index in [1.54, 1.807) is 0 Å². The predicted molar refractivity (Wildman–Crippen MR) is 68.4 cm³/mol. The van der Waals surface area contributed by atoms with Crippen LogP contribution in [0, 0.1) is 0 Å². The van der Waals surface area contributed by atoms with Crippen LogP contribution < -0.4 is 5.73 Å². The second kappa shape index (κ2) is 5.45. The van der Waals surface area contributed by atoms with Gasteiger partial charge < -0.3 is 20.4 Å². The summed E-state index contributed by atoms with van der Waals surface area (Å²) < 4.78 is 0. The lowest BCUT2D eigenvalue weighted by Gasteiger charge is -2.38. The van der Waals surface area contributed by atoms with E-state index in [2.05, 4.69) is 12.1 Å². The average Bonchev–Trinajstić information content (AvgIpc) is 2.37. The molecule has 5 heteroatoms. The van der Waals surface area contributed by atoms with Gasteiger partial charge in [0.15, 0.2) is 0 Å². The van der Waals surface area contributed by atoms with Gasteiger partial charge in [-0.2, -0.15) is 0 Å². The van der Waals surface area contributed by atoms with E-state index in [0.29, 0.717) is 14.0 Å². The van der Waals surface area contributed by atoms with Crippen LogP contribution in [0.15, 0.2) is 24.3 Å². The van der Waals surface area contributed by atoms with Crippen LogP contribution in [0.5, 0.6) is 0 Å². The van der Waals surface area contributed by atoms with Crippen LogP contribution in [0.3, 0.4) is 0 Å². The molecule has 0 radical (unpaired) electrons. The highest BCUT2D eigenvalue weighted by molar-refractivity contribution is 6.64. The molecule has 0 fully saturated rings. The Morgan fingerprint density at radius 2 is 2.24 bits per heavy atom. The first kappa shape index (κ1) is 12.3. The van der Waals surface area contributed by atoms with Crippen molar-refractivity contribution in [1.29, 1.82) is 0 Å². The summed E-state index contributed by atoms with van der Waals surface area (Å²) in [6, 6.07) is 8.08. The monoisotopic (exact) mass is 232 g/mol. The van der Waals surface area contributed by atoms with E-state index in [4.69, 9.17) is 5.73 Å². The van der Waals surface area contributed by atoms with E-state index in [9.17, 15) is 9.90 Å². The van der Waals surface area contributed by atoms with Crippen molar-refractivity contribution >= 4 is 13.6 Å². The van der Waals surface area contributed by atoms with Crippen molar-refractivity contribution in [2.45, 2.75) is 25.1 Å². The molecule has 1 aromatic carbocycles. The fraction of sp³-hybridized carbons (Fsp3) is 0.417. The number of nitrogens with two attached hydrogens (primary N) is 1. The lowest BCUT2D eigenvalue weighted by Crippen LogP contribution is -2.51. The third-order valence-electron chi connectivity index (χ3n) is 3.38. The SMILES string of the molecule is NC[C@H](O)[C@H]1Cc2ccccc2CN1BC=O. The quantitative estimate of drug-likeness (QED) is 0.530. The maximum Gasteiger partial charge on any atom is 0.281 e. The maximum atomic E-state index is 10.7. The molecule has 17 heavy (non-hydrogen) atoms. The zero-order valence-corrected chi connectivity index (χ0v) is 9.75. The van der Waals surface area contributed by atoms with Crippen molar-refractivity contribution in [3.8, 4) is 0 Å². The molecule has 0 unspecified atom stereocenters. The average molecular weight is 232 g/mol. The van der Waals surface area contributed by atoms with Gasteiger partial charge in [-0.1, -0.05) is 24.3 Å². The third-order valence-corrected chi connectivity index (χ3v) is 3.38. The topological polar surface area (TPSA) is 66.6 Å². The largest absolute Gasteiger partial charge is 0.390 e. The molecule has 0 amide bonds. The van der Waals surface area contributed by atoms with Crippen LogP contribution in [0.4, 0.5) is 0 Å². The number of carbonyl (C=O) groups excluding carboxylic acids is 1. The molecule has 4 nitrogen and oxygen atoms in total. The van der Waals surface area contributed by atoms with Crippen LogP contribution in [-0.4, -0.2) is 42.2 Å². The van der Waals surface area contributed by atoms with Crippen molar-refractivity contribution in [2.24, 2.45) is 5.73 Å². The van der Waals surface area contributed by atoms with Gasteiger partial charge in [0.05, 0.1) is 12.3 Å². The highest BCUT2D eigenvalue weighted by Gasteiger charge is 2.30. The highest BCUT2D eigenvalue weighted by Crippen LogP contribution is 2.23. The summed E-state index contributed by atoms with van der Waals surface area (Å²) in [6.07, 6.45) is 1.05. The number of benzene rings is 1. The van der Waals surface area contributed by atoms with Crippen molar-refractivity contribution in [1.82, 2.24) is 4.81 Å². The summed E-state index contributed by atoms with van der Waals surface area (Å²) in [5.74, 6) is 0. The number of rotatable bonds is 4. The molecule has 90 valence electrons. The lowest BCUT2D eigenvalue weighted by atomic mass is 9.82. The normalized spacial score (nSPS) is 21.6. The number of carbonyl (C=O) groups is 1. The van der Waals surface area contributed by atoms with Crippen LogP contribution >= 0.6 is 0 Å². The first-order valence-corrected chi connectivity index (χ1v) is 5.89. The Labute approximate surface area is 102 Å². The Morgan fingerprint density at radius 1 is 1.53 bits per heavy atom. The highest BCUT2D eigenvalue weighted by atomic mass is 16.3. The maximum absolute atomic E-state index is 10.7. The van der Waals surface area contributed by atoms with Gasteiger partial charge in [0.2, 0.25) is 0 Å². The first-order valence-electron chi connectivity index (χ1n) is 5.89. The Hall–Kier alpha value is -1.17. The number of aliphatic hydroxyl groups excluding tert-OH is 1. The molecule has 0 spiro atoms.